The van der Waals surface area contributed by atoms with Gasteiger partial charge in [-0.3, -0.25) is 0 Å². The first kappa shape index (κ1) is 16.0. The van der Waals surface area contributed by atoms with Gasteiger partial charge in [0, 0.05) is 0 Å². The van der Waals surface area contributed by atoms with Crippen molar-refractivity contribution in [3.63, 3.8) is 0 Å². The van der Waals surface area contributed by atoms with Gasteiger partial charge in [-0.25, -0.2) is 9.78 Å². The average molecular weight is 338 g/mol. The van der Waals surface area contributed by atoms with Gasteiger partial charge in [-0.1, -0.05) is 12.1 Å². The van der Waals surface area contributed by atoms with Crippen LogP contribution in [0.5, 0.6) is 5.75 Å². The molecule has 1 atom stereocenters. The van der Waals surface area contributed by atoms with Crippen LogP contribution in [0.15, 0.2) is 48.5 Å². The van der Waals surface area contributed by atoms with Gasteiger partial charge in [0.25, 0.3) is 0 Å². The Hall–Kier alpha value is -2.91. The number of rotatable bonds is 5. The van der Waals surface area contributed by atoms with E-state index in [0.717, 1.165) is 15.2 Å². The highest BCUT2D eigenvalue weighted by Gasteiger charge is 2.17. The second kappa shape index (κ2) is 7.11. The van der Waals surface area contributed by atoms with Crippen molar-refractivity contribution in [1.29, 1.82) is 5.26 Å². The van der Waals surface area contributed by atoms with Crippen LogP contribution in [-0.2, 0) is 16.1 Å². The molecule has 120 valence electrons. The molecule has 6 heteroatoms. The number of hydrogen-bond acceptors (Lipinski definition) is 6. The highest BCUT2D eigenvalue weighted by molar-refractivity contribution is 7.18. The number of hydrogen-bond donors (Lipinski definition) is 0. The maximum Gasteiger partial charge on any atom is 0.347 e. The molecule has 3 aromatic rings. The standard InChI is InChI=1S/C18H14N2O3S/c1-12(23-14-8-6-13(10-19)7-9-14)18(21)22-11-17-20-15-4-2-3-5-16(15)24-17/h2-9,12H,11H2,1H3/t12-/m0/s1. The Bertz CT molecular complexity index is 864. The minimum absolute atomic E-state index is 0.124. The molecule has 0 unspecified atom stereocenters. The SMILES string of the molecule is C[C@H](Oc1ccc(C#N)cc1)C(=O)OCc1nc2ccccc2s1. The first-order valence-electron chi connectivity index (χ1n) is 7.33. The summed E-state index contributed by atoms with van der Waals surface area (Å²) in [7, 11) is 0. The molecule has 0 N–H and O–H groups in total. The summed E-state index contributed by atoms with van der Waals surface area (Å²) in [5.74, 6) is 0.0528. The van der Waals surface area contributed by atoms with Crippen LogP contribution in [0.4, 0.5) is 0 Å². The number of thiazole rings is 1. The highest BCUT2D eigenvalue weighted by atomic mass is 32.1. The van der Waals surface area contributed by atoms with Crippen molar-refractivity contribution in [2.24, 2.45) is 0 Å². The van der Waals surface area contributed by atoms with E-state index in [1.165, 1.54) is 11.3 Å². The molecule has 0 aliphatic heterocycles. The van der Waals surface area contributed by atoms with Gasteiger partial charge in [0.1, 0.15) is 17.4 Å². The van der Waals surface area contributed by atoms with Crippen LogP contribution < -0.4 is 4.74 Å². The summed E-state index contributed by atoms with van der Waals surface area (Å²) in [6, 6.07) is 16.4. The third-order valence-corrected chi connectivity index (χ3v) is 4.31. The molecule has 1 heterocycles. The van der Waals surface area contributed by atoms with Crippen molar-refractivity contribution < 1.29 is 14.3 Å². The third kappa shape index (κ3) is 3.70. The second-order valence-electron chi connectivity index (χ2n) is 5.08. The third-order valence-electron chi connectivity index (χ3n) is 3.30. The molecular weight excluding hydrogens is 324 g/mol. The van der Waals surface area contributed by atoms with Crippen molar-refractivity contribution in [3.05, 3.63) is 59.1 Å². The number of para-hydroxylation sites is 1. The lowest BCUT2D eigenvalue weighted by Crippen LogP contribution is -2.26. The molecular formula is C18H14N2O3S. The number of carbonyl (C=O) groups excluding carboxylic acids is 1. The van der Waals surface area contributed by atoms with Gasteiger partial charge >= 0.3 is 5.97 Å². The summed E-state index contributed by atoms with van der Waals surface area (Å²) < 4.78 is 11.9. The van der Waals surface area contributed by atoms with Crippen molar-refractivity contribution in [2.45, 2.75) is 19.6 Å². The first-order chi connectivity index (χ1) is 11.7. The molecule has 0 radical (unpaired) electrons. The second-order valence-corrected chi connectivity index (χ2v) is 6.19. The predicted molar refractivity (Wildman–Crippen MR) is 90.7 cm³/mol. The maximum absolute atomic E-state index is 12.0. The summed E-state index contributed by atoms with van der Waals surface area (Å²) >= 11 is 1.50. The summed E-state index contributed by atoms with van der Waals surface area (Å²) in [4.78, 5) is 16.5. The van der Waals surface area contributed by atoms with Gasteiger partial charge in [-0.05, 0) is 43.3 Å². The van der Waals surface area contributed by atoms with Gasteiger partial charge in [0.15, 0.2) is 6.10 Å². The fraction of sp³-hybridized carbons (Fsp3) is 0.167. The van der Waals surface area contributed by atoms with E-state index in [1.54, 1.807) is 31.2 Å². The Labute approximate surface area is 143 Å². The molecule has 24 heavy (non-hydrogen) atoms. The van der Waals surface area contributed by atoms with Crippen LogP contribution in [0.2, 0.25) is 0 Å². The predicted octanol–water partition coefficient (Wildman–Crippen LogP) is 3.68. The van der Waals surface area contributed by atoms with Gasteiger partial charge < -0.3 is 9.47 Å². The molecule has 0 spiro atoms. The molecule has 5 nitrogen and oxygen atoms in total. The quantitative estimate of drug-likeness (QED) is 0.664. The average Bonchev–Trinajstić information content (AvgIpc) is 3.03. The molecule has 3 rings (SSSR count). The molecule has 0 bridgehead atoms. The lowest BCUT2D eigenvalue weighted by atomic mass is 10.2. The molecule has 0 amide bonds. The largest absolute Gasteiger partial charge is 0.479 e. The number of carbonyl (C=O) groups is 1. The van der Waals surface area contributed by atoms with E-state index in [9.17, 15) is 4.79 Å². The van der Waals surface area contributed by atoms with Crippen LogP contribution in [0.3, 0.4) is 0 Å². The lowest BCUT2D eigenvalue weighted by Gasteiger charge is -2.13. The van der Waals surface area contributed by atoms with E-state index < -0.39 is 12.1 Å². The van der Waals surface area contributed by atoms with Crippen molar-refractivity contribution in [3.8, 4) is 11.8 Å². The monoisotopic (exact) mass is 338 g/mol. The van der Waals surface area contributed by atoms with Gasteiger partial charge in [-0.15, -0.1) is 11.3 Å². The fourth-order valence-corrected chi connectivity index (χ4v) is 2.97. The number of benzene rings is 2. The Balaban J connectivity index is 1.56. The van der Waals surface area contributed by atoms with Gasteiger partial charge in [-0.2, -0.15) is 5.26 Å². The number of fused-ring (bicyclic) bond motifs is 1. The normalized spacial score (nSPS) is 11.7. The molecule has 0 aliphatic carbocycles. The Morgan fingerprint density at radius 1 is 1.25 bits per heavy atom. The maximum atomic E-state index is 12.0. The molecule has 0 fully saturated rings. The lowest BCUT2D eigenvalue weighted by molar-refractivity contribution is -0.152. The molecule has 0 saturated heterocycles. The highest BCUT2D eigenvalue weighted by Crippen LogP contribution is 2.22. The van der Waals surface area contributed by atoms with E-state index in [-0.39, 0.29) is 6.61 Å². The topological polar surface area (TPSA) is 72.2 Å². The molecule has 0 saturated carbocycles. The molecule has 1 aromatic heterocycles. The molecule has 0 aliphatic rings. The summed E-state index contributed by atoms with van der Waals surface area (Å²) in [5.41, 5.74) is 1.43. The number of ether oxygens (including phenoxy) is 2. The fourth-order valence-electron chi connectivity index (χ4n) is 2.09. The van der Waals surface area contributed by atoms with Crippen LogP contribution >= 0.6 is 11.3 Å². The van der Waals surface area contributed by atoms with Crippen molar-refractivity contribution in [2.75, 3.05) is 0 Å². The smallest absolute Gasteiger partial charge is 0.347 e. The van der Waals surface area contributed by atoms with Crippen LogP contribution in [0.25, 0.3) is 10.2 Å². The zero-order valence-corrected chi connectivity index (χ0v) is 13.7. The van der Waals surface area contributed by atoms with E-state index in [0.29, 0.717) is 11.3 Å². The minimum atomic E-state index is -0.743. The number of esters is 1. The van der Waals surface area contributed by atoms with Crippen LogP contribution in [0.1, 0.15) is 17.5 Å². The van der Waals surface area contributed by atoms with E-state index in [4.69, 9.17) is 14.7 Å². The summed E-state index contributed by atoms with van der Waals surface area (Å²) in [5, 5.41) is 9.50. The van der Waals surface area contributed by atoms with Crippen LogP contribution in [0, 0.1) is 11.3 Å². The zero-order valence-electron chi connectivity index (χ0n) is 12.9. The Kier molecular flexibility index (Phi) is 4.73. The Morgan fingerprint density at radius 2 is 2.00 bits per heavy atom. The van der Waals surface area contributed by atoms with E-state index >= 15 is 0 Å². The Morgan fingerprint density at radius 3 is 2.71 bits per heavy atom. The summed E-state index contributed by atoms with van der Waals surface area (Å²) in [6.45, 7) is 1.75. The van der Waals surface area contributed by atoms with Gasteiger partial charge in [0.2, 0.25) is 0 Å². The van der Waals surface area contributed by atoms with Crippen molar-refractivity contribution >= 4 is 27.5 Å². The number of aromatic nitrogens is 1. The van der Waals surface area contributed by atoms with Crippen molar-refractivity contribution in [1.82, 2.24) is 4.98 Å². The minimum Gasteiger partial charge on any atom is -0.479 e. The first-order valence-corrected chi connectivity index (χ1v) is 8.15. The zero-order chi connectivity index (χ0) is 16.9. The number of nitrogens with zero attached hydrogens (tertiary/aromatic N) is 2. The van der Waals surface area contributed by atoms with Gasteiger partial charge in [0.05, 0.1) is 21.8 Å². The molecule has 2 aromatic carbocycles. The van der Waals surface area contributed by atoms with E-state index in [2.05, 4.69) is 4.98 Å². The van der Waals surface area contributed by atoms with Crippen LogP contribution in [-0.4, -0.2) is 17.1 Å². The van der Waals surface area contributed by atoms with E-state index in [1.807, 2.05) is 30.3 Å². The number of nitriles is 1. The summed E-state index contributed by atoms with van der Waals surface area (Å²) in [6.07, 6.45) is -0.743.